The molecule has 0 bridgehead atoms. The Kier molecular flexibility index (Phi) is 6.30. The molecule has 2 aromatic rings. The number of hydrogen-bond acceptors (Lipinski definition) is 2. The van der Waals surface area contributed by atoms with Gasteiger partial charge in [-0.2, -0.15) is 0 Å². The van der Waals surface area contributed by atoms with E-state index in [1.54, 1.807) is 6.26 Å². The molecule has 0 spiro atoms. The molecule has 1 aromatic heterocycles. The van der Waals surface area contributed by atoms with Gasteiger partial charge in [-0.05, 0) is 55.0 Å². The Bertz CT molecular complexity index is 623. The van der Waals surface area contributed by atoms with E-state index < -0.39 is 0 Å². The Hall–Kier alpha value is -1.50. The minimum atomic E-state index is 0. The lowest BCUT2D eigenvalue weighted by atomic mass is 9.90. The number of nitrogens with one attached hydrogen (secondary N) is 1. The summed E-state index contributed by atoms with van der Waals surface area (Å²) < 4.78 is 5.28. The van der Waals surface area contributed by atoms with Gasteiger partial charge in [-0.3, -0.25) is 4.99 Å². The summed E-state index contributed by atoms with van der Waals surface area (Å²) in [6, 6.07) is 10.2. The van der Waals surface area contributed by atoms with Crippen LogP contribution in [0.1, 0.15) is 29.7 Å². The van der Waals surface area contributed by atoms with Crippen molar-refractivity contribution in [1.29, 1.82) is 0 Å². The molecular weight excluding hydrogens is 389 g/mol. The predicted molar refractivity (Wildman–Crippen MR) is 101 cm³/mol. The molecule has 3 rings (SSSR count). The van der Waals surface area contributed by atoms with E-state index in [2.05, 4.69) is 28.5 Å². The van der Waals surface area contributed by atoms with Crippen LogP contribution in [0.3, 0.4) is 0 Å². The van der Waals surface area contributed by atoms with E-state index in [1.807, 2.05) is 12.1 Å². The van der Waals surface area contributed by atoms with Crippen molar-refractivity contribution in [3.63, 3.8) is 0 Å². The number of fused-ring (bicyclic) bond motifs is 1. The molecule has 1 aliphatic carbocycles. The number of nitrogens with zero attached hydrogens (tertiary/aromatic N) is 1. The van der Waals surface area contributed by atoms with E-state index in [4.69, 9.17) is 10.2 Å². The molecule has 1 aromatic carbocycles. The summed E-state index contributed by atoms with van der Waals surface area (Å²) in [7, 11) is 0. The Labute approximate surface area is 148 Å². The summed E-state index contributed by atoms with van der Waals surface area (Å²) >= 11 is 0. The van der Waals surface area contributed by atoms with Gasteiger partial charge in [0, 0.05) is 18.7 Å². The molecule has 5 heteroatoms. The zero-order valence-electron chi connectivity index (χ0n) is 12.5. The van der Waals surface area contributed by atoms with Crippen molar-refractivity contribution in [2.75, 3.05) is 11.9 Å². The molecule has 0 radical (unpaired) electrons. The van der Waals surface area contributed by atoms with Gasteiger partial charge in [0.25, 0.3) is 0 Å². The topological polar surface area (TPSA) is 63.5 Å². The van der Waals surface area contributed by atoms with E-state index in [-0.39, 0.29) is 24.0 Å². The lowest BCUT2D eigenvalue weighted by molar-refractivity contribution is 0.511. The van der Waals surface area contributed by atoms with Gasteiger partial charge in [0.05, 0.1) is 6.26 Å². The summed E-state index contributed by atoms with van der Waals surface area (Å²) in [4.78, 5) is 4.37. The van der Waals surface area contributed by atoms with Crippen molar-refractivity contribution < 1.29 is 4.42 Å². The van der Waals surface area contributed by atoms with Crippen LogP contribution in [0.15, 0.2) is 46.0 Å². The van der Waals surface area contributed by atoms with Crippen molar-refractivity contribution in [1.82, 2.24) is 0 Å². The van der Waals surface area contributed by atoms with E-state index in [9.17, 15) is 0 Å². The van der Waals surface area contributed by atoms with Crippen LogP contribution in [0.4, 0.5) is 5.69 Å². The van der Waals surface area contributed by atoms with Crippen LogP contribution >= 0.6 is 24.0 Å². The Balaban J connectivity index is 0.00000176. The van der Waals surface area contributed by atoms with Crippen LogP contribution in [0.25, 0.3) is 0 Å². The molecule has 118 valence electrons. The largest absolute Gasteiger partial charge is 0.469 e. The van der Waals surface area contributed by atoms with Gasteiger partial charge in [-0.25, -0.2) is 0 Å². The number of guanidine groups is 1. The van der Waals surface area contributed by atoms with Crippen LogP contribution in [-0.2, 0) is 19.3 Å². The fourth-order valence-electron chi connectivity index (χ4n) is 2.82. The van der Waals surface area contributed by atoms with Crippen molar-refractivity contribution in [2.24, 2.45) is 10.7 Å². The highest BCUT2D eigenvalue weighted by Crippen LogP contribution is 2.27. The smallest absolute Gasteiger partial charge is 0.193 e. The molecule has 22 heavy (non-hydrogen) atoms. The van der Waals surface area contributed by atoms with Crippen LogP contribution < -0.4 is 11.1 Å². The van der Waals surface area contributed by atoms with Crippen LogP contribution in [0, 0.1) is 0 Å². The highest BCUT2D eigenvalue weighted by atomic mass is 127. The van der Waals surface area contributed by atoms with E-state index in [0.717, 1.165) is 24.3 Å². The predicted octanol–water partition coefficient (Wildman–Crippen LogP) is 3.75. The van der Waals surface area contributed by atoms with Crippen LogP contribution in [0.2, 0.25) is 0 Å². The van der Waals surface area contributed by atoms with E-state index in [0.29, 0.717) is 12.5 Å². The number of anilines is 1. The van der Waals surface area contributed by atoms with Crippen molar-refractivity contribution in [2.45, 2.75) is 32.1 Å². The zero-order chi connectivity index (χ0) is 14.5. The maximum Gasteiger partial charge on any atom is 0.193 e. The van der Waals surface area contributed by atoms with Gasteiger partial charge in [0.2, 0.25) is 0 Å². The molecule has 1 heterocycles. The molecular formula is C17H22IN3O. The number of hydrogen-bond donors (Lipinski definition) is 2. The first-order valence-corrected chi connectivity index (χ1v) is 7.53. The third kappa shape index (κ3) is 4.25. The summed E-state index contributed by atoms with van der Waals surface area (Å²) in [6.45, 7) is 0.626. The van der Waals surface area contributed by atoms with Crippen molar-refractivity contribution in [3.8, 4) is 0 Å². The number of nitrogens with two attached hydrogens (primary N) is 1. The first-order chi connectivity index (χ1) is 10.3. The maximum atomic E-state index is 5.99. The fourth-order valence-corrected chi connectivity index (χ4v) is 2.82. The number of aryl methyl sites for hydroxylation is 1. The molecule has 4 nitrogen and oxygen atoms in total. The maximum absolute atomic E-state index is 5.99. The van der Waals surface area contributed by atoms with Crippen LogP contribution in [0.5, 0.6) is 0 Å². The average Bonchev–Trinajstić information content (AvgIpc) is 3.01. The molecule has 0 saturated heterocycles. The third-order valence-corrected chi connectivity index (χ3v) is 3.88. The number of rotatable bonds is 4. The molecule has 1 aliphatic rings. The summed E-state index contributed by atoms with van der Waals surface area (Å²) in [5, 5.41) is 3.25. The molecule has 0 fully saturated rings. The van der Waals surface area contributed by atoms with Gasteiger partial charge >= 0.3 is 0 Å². The third-order valence-electron chi connectivity index (χ3n) is 3.88. The lowest BCUT2D eigenvalue weighted by Crippen LogP contribution is -2.24. The summed E-state index contributed by atoms with van der Waals surface area (Å²) in [5.74, 6) is 1.41. The summed E-state index contributed by atoms with van der Waals surface area (Å²) in [5.41, 5.74) is 9.93. The monoisotopic (exact) mass is 411 g/mol. The quantitative estimate of drug-likeness (QED) is 0.458. The molecule has 0 saturated carbocycles. The van der Waals surface area contributed by atoms with E-state index in [1.165, 1.54) is 30.4 Å². The normalized spacial score (nSPS) is 14.1. The molecule has 3 N–H and O–H groups in total. The lowest BCUT2D eigenvalue weighted by Gasteiger charge is -2.19. The van der Waals surface area contributed by atoms with Gasteiger partial charge in [0.15, 0.2) is 5.96 Å². The van der Waals surface area contributed by atoms with Gasteiger partial charge in [-0.15, -0.1) is 24.0 Å². The van der Waals surface area contributed by atoms with Gasteiger partial charge in [-0.1, -0.05) is 12.1 Å². The average molecular weight is 411 g/mol. The first-order valence-electron chi connectivity index (χ1n) is 7.53. The highest BCUT2D eigenvalue weighted by molar-refractivity contribution is 14.0. The standard InChI is InChI=1S/C17H21N3O.HI/c18-17(19-11-10-14-7-4-12-21-14)20-16-9-3-6-13-5-1-2-8-15(13)16;/h3-4,6-7,9,12H,1-2,5,8,10-11H2,(H3,18,19,20);1H. The Morgan fingerprint density at radius 1 is 1.18 bits per heavy atom. The minimum Gasteiger partial charge on any atom is -0.469 e. The minimum absolute atomic E-state index is 0. The number of halogens is 1. The molecule has 0 aliphatic heterocycles. The number of benzene rings is 1. The van der Waals surface area contributed by atoms with E-state index >= 15 is 0 Å². The molecule has 0 atom stereocenters. The zero-order valence-corrected chi connectivity index (χ0v) is 14.9. The molecule has 0 amide bonds. The van der Waals surface area contributed by atoms with Crippen molar-refractivity contribution in [3.05, 3.63) is 53.5 Å². The number of aliphatic imine (C=N–C) groups is 1. The second-order valence-electron chi connectivity index (χ2n) is 5.37. The fraction of sp³-hybridized carbons (Fsp3) is 0.353. The first kappa shape index (κ1) is 16.9. The molecule has 0 unspecified atom stereocenters. The van der Waals surface area contributed by atoms with Gasteiger partial charge in [0.1, 0.15) is 5.76 Å². The Morgan fingerprint density at radius 2 is 2.05 bits per heavy atom. The van der Waals surface area contributed by atoms with Crippen LogP contribution in [-0.4, -0.2) is 12.5 Å². The number of furan rings is 1. The second kappa shape index (κ2) is 8.22. The van der Waals surface area contributed by atoms with Gasteiger partial charge < -0.3 is 15.5 Å². The highest BCUT2D eigenvalue weighted by Gasteiger charge is 2.12. The summed E-state index contributed by atoms with van der Waals surface area (Å²) in [6.07, 6.45) is 7.27. The second-order valence-corrected chi connectivity index (χ2v) is 5.37. The Morgan fingerprint density at radius 3 is 2.86 bits per heavy atom. The SMILES string of the molecule is I.NC(=NCCc1ccco1)Nc1cccc2c1CCCC2. The van der Waals surface area contributed by atoms with Crippen molar-refractivity contribution >= 4 is 35.6 Å².